The number of rotatable bonds is 3. The maximum Gasteiger partial charge on any atom is 0.138 e. The lowest BCUT2D eigenvalue weighted by atomic mass is 10.1. The van der Waals surface area contributed by atoms with Gasteiger partial charge in [0.05, 0.1) is 11.4 Å². The number of aromatic amines is 1. The topological polar surface area (TPSA) is 28.7 Å². The van der Waals surface area contributed by atoms with Gasteiger partial charge in [-0.25, -0.2) is 4.98 Å². The average Bonchev–Trinajstić information content (AvgIpc) is 3.09. The number of aromatic nitrogens is 2. The first kappa shape index (κ1) is 15.1. The van der Waals surface area contributed by atoms with Crippen LogP contribution in [0.3, 0.4) is 0 Å². The first-order valence-electron chi connectivity index (χ1n) is 7.78. The van der Waals surface area contributed by atoms with Crippen LogP contribution in [0.25, 0.3) is 33.9 Å². The third-order valence-corrected chi connectivity index (χ3v) is 4.65. The van der Waals surface area contributed by atoms with E-state index in [9.17, 15) is 0 Å². The predicted octanol–water partition coefficient (Wildman–Crippen LogP) is 6.02. The number of nitrogens with one attached hydrogen (secondary N) is 1. The molecule has 0 spiro atoms. The van der Waals surface area contributed by atoms with Crippen molar-refractivity contribution in [1.29, 1.82) is 0 Å². The molecule has 4 aromatic rings. The van der Waals surface area contributed by atoms with E-state index in [-0.39, 0.29) is 0 Å². The van der Waals surface area contributed by atoms with Gasteiger partial charge in [0.15, 0.2) is 0 Å². The summed E-state index contributed by atoms with van der Waals surface area (Å²) in [6.45, 7) is 0. The van der Waals surface area contributed by atoms with Crippen LogP contribution in [0.2, 0.25) is 0 Å². The van der Waals surface area contributed by atoms with E-state index >= 15 is 0 Å². The van der Waals surface area contributed by atoms with E-state index in [0.717, 1.165) is 33.9 Å². The zero-order valence-electron chi connectivity index (χ0n) is 12.9. The number of H-pyrrole nitrogens is 1. The number of hydrogen-bond acceptors (Lipinski definition) is 1. The molecule has 116 valence electrons. The molecule has 3 heteroatoms. The Morgan fingerprint density at radius 1 is 0.625 bits per heavy atom. The molecule has 0 unspecified atom stereocenters. The smallest absolute Gasteiger partial charge is 0.138 e. The maximum absolute atomic E-state index is 4.90. The van der Waals surface area contributed by atoms with Crippen molar-refractivity contribution >= 4 is 22.6 Å². The molecule has 0 fully saturated rings. The Kier molecular flexibility index (Phi) is 4.17. The Balaban J connectivity index is 1.89. The summed E-state index contributed by atoms with van der Waals surface area (Å²) >= 11 is 2.32. The molecule has 1 aromatic heterocycles. The van der Waals surface area contributed by atoms with Crippen LogP contribution in [-0.4, -0.2) is 9.97 Å². The van der Waals surface area contributed by atoms with E-state index in [1.54, 1.807) is 0 Å². The third-order valence-electron chi connectivity index (χ3n) is 3.93. The minimum atomic E-state index is 0.893. The molecule has 0 bridgehead atoms. The minimum absolute atomic E-state index is 0.893. The number of benzene rings is 3. The molecule has 0 saturated heterocycles. The van der Waals surface area contributed by atoms with Crippen LogP contribution >= 0.6 is 22.6 Å². The summed E-state index contributed by atoms with van der Waals surface area (Å²) in [5, 5.41) is 0. The van der Waals surface area contributed by atoms with Crippen LogP contribution < -0.4 is 0 Å². The Labute approximate surface area is 154 Å². The molecule has 24 heavy (non-hydrogen) atoms. The van der Waals surface area contributed by atoms with Crippen molar-refractivity contribution in [2.75, 3.05) is 0 Å². The second-order valence-electron chi connectivity index (χ2n) is 5.55. The monoisotopic (exact) mass is 422 g/mol. The Morgan fingerprint density at radius 2 is 1.21 bits per heavy atom. The van der Waals surface area contributed by atoms with E-state index in [1.807, 2.05) is 24.3 Å². The summed E-state index contributed by atoms with van der Waals surface area (Å²) in [5.74, 6) is 0.893. The fourth-order valence-corrected chi connectivity index (χ4v) is 3.10. The van der Waals surface area contributed by atoms with Gasteiger partial charge in [0, 0.05) is 20.3 Å². The minimum Gasteiger partial charge on any atom is -0.337 e. The quantitative estimate of drug-likeness (QED) is 0.402. The molecular weight excluding hydrogens is 407 g/mol. The van der Waals surface area contributed by atoms with Crippen LogP contribution in [0.5, 0.6) is 0 Å². The largest absolute Gasteiger partial charge is 0.337 e. The van der Waals surface area contributed by atoms with Crippen LogP contribution in [0.15, 0.2) is 84.9 Å². The molecule has 3 aromatic carbocycles. The zero-order chi connectivity index (χ0) is 16.4. The summed E-state index contributed by atoms with van der Waals surface area (Å²) in [5.41, 5.74) is 5.38. The lowest BCUT2D eigenvalue weighted by molar-refractivity contribution is 1.31. The van der Waals surface area contributed by atoms with Crippen LogP contribution in [0, 0.1) is 3.57 Å². The van der Waals surface area contributed by atoms with Gasteiger partial charge in [-0.2, -0.15) is 0 Å². The van der Waals surface area contributed by atoms with Gasteiger partial charge in [-0.05, 0) is 34.7 Å². The highest BCUT2D eigenvalue weighted by Gasteiger charge is 2.14. The van der Waals surface area contributed by atoms with Crippen molar-refractivity contribution in [2.24, 2.45) is 0 Å². The molecule has 0 atom stereocenters. The van der Waals surface area contributed by atoms with E-state index < -0.39 is 0 Å². The Bertz CT molecular complexity index is 885. The Morgan fingerprint density at radius 3 is 1.83 bits per heavy atom. The van der Waals surface area contributed by atoms with Crippen LogP contribution in [0.4, 0.5) is 0 Å². The van der Waals surface area contributed by atoms with E-state index in [1.165, 1.54) is 3.57 Å². The highest BCUT2D eigenvalue weighted by molar-refractivity contribution is 14.1. The molecule has 1 N–H and O–H groups in total. The number of imidazole rings is 1. The van der Waals surface area contributed by atoms with E-state index in [0.29, 0.717) is 0 Å². The van der Waals surface area contributed by atoms with Gasteiger partial charge in [0.25, 0.3) is 0 Å². The predicted molar refractivity (Wildman–Crippen MR) is 108 cm³/mol. The zero-order valence-corrected chi connectivity index (χ0v) is 15.1. The molecule has 0 aliphatic heterocycles. The number of hydrogen-bond donors (Lipinski definition) is 1. The van der Waals surface area contributed by atoms with Crippen LogP contribution in [-0.2, 0) is 0 Å². The summed E-state index contributed by atoms with van der Waals surface area (Å²) in [7, 11) is 0. The molecular formula is C21H15IN2. The molecule has 0 saturated carbocycles. The van der Waals surface area contributed by atoms with Crippen molar-refractivity contribution in [1.82, 2.24) is 9.97 Å². The second-order valence-corrected chi connectivity index (χ2v) is 6.79. The fourth-order valence-electron chi connectivity index (χ4n) is 2.74. The lowest BCUT2D eigenvalue weighted by Gasteiger charge is -2.02. The van der Waals surface area contributed by atoms with E-state index in [4.69, 9.17) is 4.98 Å². The molecule has 0 aliphatic carbocycles. The van der Waals surface area contributed by atoms with Crippen molar-refractivity contribution in [3.05, 3.63) is 88.5 Å². The summed E-state index contributed by atoms with van der Waals surface area (Å²) < 4.78 is 1.22. The number of halogens is 1. The summed E-state index contributed by atoms with van der Waals surface area (Å²) in [4.78, 5) is 8.42. The SMILES string of the molecule is Ic1ccc(-c2nc(-c3ccccc3)c(-c3ccccc3)[nH]2)cc1. The van der Waals surface area contributed by atoms with Gasteiger partial charge < -0.3 is 4.98 Å². The van der Waals surface area contributed by atoms with Crippen molar-refractivity contribution < 1.29 is 0 Å². The summed E-state index contributed by atoms with van der Waals surface area (Å²) in [6.07, 6.45) is 0. The number of nitrogens with zero attached hydrogens (tertiary/aromatic N) is 1. The standard InChI is InChI=1S/C21H15IN2/c22-18-13-11-17(12-14-18)21-23-19(15-7-3-1-4-8-15)20(24-21)16-9-5-2-6-10-16/h1-14H,(H,23,24). The van der Waals surface area contributed by atoms with Crippen molar-refractivity contribution in [2.45, 2.75) is 0 Å². The maximum atomic E-state index is 4.90. The van der Waals surface area contributed by atoms with E-state index in [2.05, 4.69) is 88.2 Å². The molecule has 1 heterocycles. The van der Waals surface area contributed by atoms with Crippen LogP contribution in [0.1, 0.15) is 0 Å². The molecule has 0 amide bonds. The van der Waals surface area contributed by atoms with Gasteiger partial charge in [-0.15, -0.1) is 0 Å². The highest BCUT2D eigenvalue weighted by atomic mass is 127. The third kappa shape index (κ3) is 2.99. The van der Waals surface area contributed by atoms with Gasteiger partial charge in [-0.1, -0.05) is 72.8 Å². The first-order chi connectivity index (χ1) is 11.8. The van der Waals surface area contributed by atoms with Crippen molar-refractivity contribution in [3.63, 3.8) is 0 Å². The first-order valence-corrected chi connectivity index (χ1v) is 8.86. The van der Waals surface area contributed by atoms with Gasteiger partial charge in [0.1, 0.15) is 5.82 Å². The fraction of sp³-hybridized carbons (Fsp3) is 0. The lowest BCUT2D eigenvalue weighted by Crippen LogP contribution is -1.82. The van der Waals surface area contributed by atoms with Crippen molar-refractivity contribution in [3.8, 4) is 33.9 Å². The molecule has 2 nitrogen and oxygen atoms in total. The molecule has 0 aliphatic rings. The second kappa shape index (κ2) is 6.61. The van der Waals surface area contributed by atoms with Gasteiger partial charge >= 0.3 is 0 Å². The Hall–Kier alpha value is -2.40. The van der Waals surface area contributed by atoms with Gasteiger partial charge in [0.2, 0.25) is 0 Å². The summed E-state index contributed by atoms with van der Waals surface area (Å²) in [6, 6.07) is 29.1. The molecule has 4 rings (SSSR count). The van der Waals surface area contributed by atoms with Gasteiger partial charge in [-0.3, -0.25) is 0 Å². The normalized spacial score (nSPS) is 10.7. The molecule has 0 radical (unpaired) electrons. The average molecular weight is 422 g/mol. The highest BCUT2D eigenvalue weighted by Crippen LogP contribution is 2.32.